The largest absolute Gasteiger partial charge is 0.497 e. The van der Waals surface area contributed by atoms with Gasteiger partial charge in [0.25, 0.3) is 0 Å². The standard InChI is InChI=1S/C16H27N3O/c1-6-11-18-15(17-4)19-12-16(2,3)13-7-9-14(20-5)10-8-13/h7-10H,6,11-12H2,1-5H3,(H2,17,18,19). The summed E-state index contributed by atoms with van der Waals surface area (Å²) in [6, 6.07) is 8.23. The molecule has 0 heterocycles. The van der Waals surface area contributed by atoms with E-state index in [4.69, 9.17) is 4.74 Å². The van der Waals surface area contributed by atoms with Crippen molar-refractivity contribution in [3.8, 4) is 5.75 Å². The van der Waals surface area contributed by atoms with Crippen LogP contribution in [0.2, 0.25) is 0 Å². The van der Waals surface area contributed by atoms with Crippen molar-refractivity contribution in [1.29, 1.82) is 0 Å². The van der Waals surface area contributed by atoms with E-state index in [9.17, 15) is 0 Å². The van der Waals surface area contributed by atoms with Gasteiger partial charge in [0.2, 0.25) is 0 Å². The van der Waals surface area contributed by atoms with Crippen molar-refractivity contribution < 1.29 is 4.74 Å². The normalized spacial score (nSPS) is 12.2. The van der Waals surface area contributed by atoms with Gasteiger partial charge in [0.05, 0.1) is 7.11 Å². The van der Waals surface area contributed by atoms with E-state index in [-0.39, 0.29) is 5.41 Å². The lowest BCUT2D eigenvalue weighted by Gasteiger charge is -2.27. The number of ether oxygens (including phenoxy) is 1. The summed E-state index contributed by atoms with van der Waals surface area (Å²) < 4.78 is 5.20. The molecule has 0 fully saturated rings. The smallest absolute Gasteiger partial charge is 0.191 e. The lowest BCUT2D eigenvalue weighted by Crippen LogP contribution is -2.43. The fourth-order valence-corrected chi connectivity index (χ4v) is 1.91. The summed E-state index contributed by atoms with van der Waals surface area (Å²) in [4.78, 5) is 4.22. The molecule has 0 aliphatic rings. The summed E-state index contributed by atoms with van der Waals surface area (Å²) in [5.41, 5.74) is 1.30. The Morgan fingerprint density at radius 2 is 1.85 bits per heavy atom. The molecular formula is C16H27N3O. The van der Waals surface area contributed by atoms with Crippen molar-refractivity contribution >= 4 is 5.96 Å². The average Bonchev–Trinajstić information content (AvgIpc) is 2.47. The third-order valence-corrected chi connectivity index (χ3v) is 3.34. The van der Waals surface area contributed by atoms with Crippen LogP contribution >= 0.6 is 0 Å². The van der Waals surface area contributed by atoms with E-state index in [1.165, 1.54) is 5.56 Å². The highest BCUT2D eigenvalue weighted by Gasteiger charge is 2.20. The highest BCUT2D eigenvalue weighted by atomic mass is 16.5. The molecule has 0 amide bonds. The average molecular weight is 277 g/mol. The molecule has 4 nitrogen and oxygen atoms in total. The molecule has 0 bridgehead atoms. The second-order valence-corrected chi connectivity index (χ2v) is 5.46. The summed E-state index contributed by atoms with van der Waals surface area (Å²) in [5.74, 6) is 1.74. The van der Waals surface area contributed by atoms with Gasteiger partial charge in [-0.05, 0) is 24.1 Å². The van der Waals surface area contributed by atoms with E-state index >= 15 is 0 Å². The molecule has 1 aromatic carbocycles. The number of nitrogens with one attached hydrogen (secondary N) is 2. The predicted octanol–water partition coefficient (Wildman–Crippen LogP) is 2.55. The molecule has 1 aromatic rings. The molecule has 0 saturated carbocycles. The van der Waals surface area contributed by atoms with Crippen LogP contribution in [0.1, 0.15) is 32.8 Å². The van der Waals surface area contributed by atoms with Gasteiger partial charge in [-0.25, -0.2) is 0 Å². The van der Waals surface area contributed by atoms with Gasteiger partial charge in [-0.2, -0.15) is 0 Å². The number of rotatable bonds is 6. The van der Waals surface area contributed by atoms with E-state index in [1.54, 1.807) is 14.2 Å². The summed E-state index contributed by atoms with van der Waals surface area (Å²) in [7, 11) is 3.48. The van der Waals surface area contributed by atoms with Crippen molar-refractivity contribution in [2.45, 2.75) is 32.6 Å². The number of hydrogen-bond acceptors (Lipinski definition) is 2. The monoisotopic (exact) mass is 277 g/mol. The Labute approximate surface area is 122 Å². The van der Waals surface area contributed by atoms with Gasteiger partial charge >= 0.3 is 0 Å². The van der Waals surface area contributed by atoms with Crippen molar-refractivity contribution in [1.82, 2.24) is 10.6 Å². The Hall–Kier alpha value is -1.71. The molecule has 0 aliphatic heterocycles. The van der Waals surface area contributed by atoms with E-state index in [2.05, 4.69) is 48.5 Å². The second kappa shape index (κ2) is 7.78. The van der Waals surface area contributed by atoms with Crippen LogP contribution in [-0.2, 0) is 5.41 Å². The van der Waals surface area contributed by atoms with Crippen LogP contribution in [0.5, 0.6) is 5.75 Å². The lowest BCUT2D eigenvalue weighted by atomic mass is 9.84. The highest BCUT2D eigenvalue weighted by molar-refractivity contribution is 5.79. The van der Waals surface area contributed by atoms with Crippen molar-refractivity contribution in [2.75, 3.05) is 27.2 Å². The van der Waals surface area contributed by atoms with Gasteiger partial charge in [-0.1, -0.05) is 32.9 Å². The quantitative estimate of drug-likeness (QED) is 0.620. The molecule has 0 unspecified atom stereocenters. The topological polar surface area (TPSA) is 45.7 Å². The fourth-order valence-electron chi connectivity index (χ4n) is 1.91. The van der Waals surface area contributed by atoms with Gasteiger partial charge in [0, 0.05) is 25.6 Å². The van der Waals surface area contributed by atoms with Crippen molar-refractivity contribution in [3.63, 3.8) is 0 Å². The van der Waals surface area contributed by atoms with Gasteiger partial charge in [-0.3, -0.25) is 4.99 Å². The molecule has 0 saturated heterocycles. The van der Waals surface area contributed by atoms with Crippen LogP contribution in [0, 0.1) is 0 Å². The first kappa shape index (κ1) is 16.3. The fraction of sp³-hybridized carbons (Fsp3) is 0.562. The van der Waals surface area contributed by atoms with Gasteiger partial charge in [0.1, 0.15) is 5.75 Å². The molecule has 0 radical (unpaired) electrons. The summed E-state index contributed by atoms with van der Waals surface area (Å²) in [5, 5.41) is 6.66. The van der Waals surface area contributed by atoms with E-state index in [0.29, 0.717) is 0 Å². The molecule has 20 heavy (non-hydrogen) atoms. The van der Waals surface area contributed by atoms with E-state index in [0.717, 1.165) is 31.2 Å². The molecule has 112 valence electrons. The van der Waals surface area contributed by atoms with E-state index in [1.807, 2.05) is 12.1 Å². The number of methoxy groups -OCH3 is 1. The summed E-state index contributed by atoms with van der Waals surface area (Å²) >= 11 is 0. The van der Waals surface area contributed by atoms with Crippen molar-refractivity contribution in [3.05, 3.63) is 29.8 Å². The van der Waals surface area contributed by atoms with Gasteiger partial charge < -0.3 is 15.4 Å². The second-order valence-electron chi connectivity index (χ2n) is 5.46. The zero-order valence-electron chi connectivity index (χ0n) is 13.3. The first-order valence-electron chi connectivity index (χ1n) is 7.12. The Morgan fingerprint density at radius 3 is 2.35 bits per heavy atom. The molecule has 0 spiro atoms. The van der Waals surface area contributed by atoms with Crippen molar-refractivity contribution in [2.24, 2.45) is 4.99 Å². The molecule has 0 atom stereocenters. The minimum Gasteiger partial charge on any atom is -0.497 e. The molecule has 1 rings (SSSR count). The molecular weight excluding hydrogens is 250 g/mol. The number of hydrogen-bond donors (Lipinski definition) is 2. The van der Waals surface area contributed by atoms with E-state index < -0.39 is 0 Å². The Bertz CT molecular complexity index is 424. The maximum Gasteiger partial charge on any atom is 0.191 e. The van der Waals surface area contributed by atoms with Gasteiger partial charge in [0.15, 0.2) is 5.96 Å². The zero-order valence-corrected chi connectivity index (χ0v) is 13.3. The van der Waals surface area contributed by atoms with Crippen LogP contribution < -0.4 is 15.4 Å². The van der Waals surface area contributed by atoms with Crippen LogP contribution in [0.4, 0.5) is 0 Å². The maximum absolute atomic E-state index is 5.20. The Morgan fingerprint density at radius 1 is 1.20 bits per heavy atom. The maximum atomic E-state index is 5.20. The Balaban J connectivity index is 2.63. The first-order valence-corrected chi connectivity index (χ1v) is 7.12. The predicted molar refractivity (Wildman–Crippen MR) is 85.7 cm³/mol. The van der Waals surface area contributed by atoms with Crippen LogP contribution in [0.3, 0.4) is 0 Å². The number of guanidine groups is 1. The highest BCUT2D eigenvalue weighted by Crippen LogP contribution is 2.24. The number of nitrogens with zero attached hydrogens (tertiary/aromatic N) is 1. The SMILES string of the molecule is CCCNC(=NC)NCC(C)(C)c1ccc(OC)cc1. The molecule has 0 aliphatic carbocycles. The Kier molecular flexibility index (Phi) is 6.36. The molecule has 2 N–H and O–H groups in total. The summed E-state index contributed by atoms with van der Waals surface area (Å²) in [6.45, 7) is 8.33. The third-order valence-electron chi connectivity index (χ3n) is 3.34. The molecule has 4 heteroatoms. The third kappa shape index (κ3) is 4.76. The lowest BCUT2D eigenvalue weighted by molar-refractivity contribution is 0.414. The van der Waals surface area contributed by atoms with Gasteiger partial charge in [-0.15, -0.1) is 0 Å². The minimum absolute atomic E-state index is 0.0239. The number of benzene rings is 1. The minimum atomic E-state index is 0.0239. The van der Waals surface area contributed by atoms with Crippen LogP contribution in [0.15, 0.2) is 29.3 Å². The first-order chi connectivity index (χ1) is 9.53. The summed E-state index contributed by atoms with van der Waals surface area (Å²) in [6.07, 6.45) is 1.09. The van der Waals surface area contributed by atoms with Crippen LogP contribution in [0.25, 0.3) is 0 Å². The zero-order chi connectivity index (χ0) is 15.0. The molecule has 0 aromatic heterocycles. The number of aliphatic imine (C=N–C) groups is 1. The van der Waals surface area contributed by atoms with Crippen LogP contribution in [-0.4, -0.2) is 33.2 Å².